The monoisotopic (exact) mass is 239 g/mol. The van der Waals surface area contributed by atoms with Gasteiger partial charge in [-0.25, -0.2) is 0 Å². The van der Waals surface area contributed by atoms with E-state index in [1.807, 2.05) is 0 Å². The first-order valence-electron chi connectivity index (χ1n) is 7.21. The van der Waals surface area contributed by atoms with Gasteiger partial charge in [0.2, 0.25) is 0 Å². The van der Waals surface area contributed by atoms with Crippen molar-refractivity contribution in [3.8, 4) is 0 Å². The second-order valence-corrected chi connectivity index (χ2v) is 6.23. The topological polar surface area (TPSA) is 18.5 Å². The van der Waals surface area contributed by atoms with E-state index >= 15 is 0 Å². The summed E-state index contributed by atoms with van der Waals surface area (Å²) >= 11 is 0. The van der Waals surface area contributed by atoms with E-state index in [1.165, 1.54) is 38.6 Å². The van der Waals surface area contributed by atoms with Crippen LogP contribution in [-0.2, 0) is 0 Å². The highest BCUT2D eigenvalue weighted by Crippen LogP contribution is 2.37. The van der Waals surface area contributed by atoms with Crippen molar-refractivity contribution in [2.45, 2.75) is 63.2 Å². The zero-order chi connectivity index (χ0) is 12.4. The van der Waals surface area contributed by atoms with Gasteiger partial charge in [0, 0.05) is 24.2 Å². The van der Waals surface area contributed by atoms with Crippen LogP contribution in [0.2, 0.25) is 0 Å². The van der Waals surface area contributed by atoms with Gasteiger partial charge < -0.3 is 10.2 Å². The maximum Gasteiger partial charge on any atom is 0.0116 e. The summed E-state index contributed by atoms with van der Waals surface area (Å²) in [5.41, 5.74) is 0. The normalized spacial score (nSPS) is 35.5. The Morgan fingerprint density at radius 2 is 1.82 bits per heavy atom. The second kappa shape index (κ2) is 5.68. The van der Waals surface area contributed by atoms with E-state index in [0.717, 1.165) is 24.2 Å². The van der Waals surface area contributed by atoms with Crippen molar-refractivity contribution in [1.29, 1.82) is 0 Å². The van der Waals surface area contributed by atoms with E-state index in [-0.39, 0.29) is 0 Å². The van der Waals surface area contributed by atoms with Gasteiger partial charge in [0.1, 0.15) is 0 Å². The van der Waals surface area contributed by atoms with Gasteiger partial charge in [0.05, 0.1) is 0 Å². The number of hydrogen-bond acceptors (Lipinski definition) is 3. The molecule has 100 valence electrons. The van der Waals surface area contributed by atoms with Gasteiger partial charge in [-0.05, 0) is 66.7 Å². The zero-order valence-electron chi connectivity index (χ0n) is 11.9. The van der Waals surface area contributed by atoms with Crippen LogP contribution < -0.4 is 5.32 Å². The third-order valence-electron chi connectivity index (χ3n) is 4.70. The molecule has 3 unspecified atom stereocenters. The maximum atomic E-state index is 3.48. The minimum atomic E-state index is 0.757. The molecule has 0 aromatic carbocycles. The molecule has 2 saturated heterocycles. The Labute approximate surface area is 107 Å². The van der Waals surface area contributed by atoms with Gasteiger partial charge in [0.25, 0.3) is 0 Å². The van der Waals surface area contributed by atoms with E-state index in [9.17, 15) is 0 Å². The first-order chi connectivity index (χ1) is 8.11. The molecule has 0 amide bonds. The molecular formula is C14H29N3. The van der Waals surface area contributed by atoms with E-state index in [4.69, 9.17) is 0 Å². The molecule has 0 spiro atoms. The van der Waals surface area contributed by atoms with Crippen molar-refractivity contribution in [2.75, 3.05) is 27.7 Å². The lowest BCUT2D eigenvalue weighted by atomic mass is 9.95. The van der Waals surface area contributed by atoms with E-state index in [1.54, 1.807) is 0 Å². The van der Waals surface area contributed by atoms with Gasteiger partial charge >= 0.3 is 0 Å². The van der Waals surface area contributed by atoms with Crippen molar-refractivity contribution in [3.05, 3.63) is 0 Å². The molecule has 2 aliphatic heterocycles. The van der Waals surface area contributed by atoms with Crippen LogP contribution in [0.1, 0.15) is 39.0 Å². The summed E-state index contributed by atoms with van der Waals surface area (Å²) in [6.45, 7) is 3.64. The molecule has 2 bridgehead atoms. The van der Waals surface area contributed by atoms with Crippen LogP contribution in [0.4, 0.5) is 0 Å². The molecule has 0 aliphatic carbocycles. The fourth-order valence-corrected chi connectivity index (χ4v) is 3.76. The summed E-state index contributed by atoms with van der Waals surface area (Å²) in [6, 6.07) is 3.23. The molecule has 2 heterocycles. The van der Waals surface area contributed by atoms with Crippen molar-refractivity contribution in [3.63, 3.8) is 0 Å². The highest BCUT2D eigenvalue weighted by molar-refractivity contribution is 4.99. The highest BCUT2D eigenvalue weighted by Gasteiger charge is 2.41. The Balaban J connectivity index is 1.89. The van der Waals surface area contributed by atoms with Crippen LogP contribution >= 0.6 is 0 Å². The molecule has 0 saturated carbocycles. The number of hydrogen-bond donors (Lipinski definition) is 1. The lowest BCUT2D eigenvalue weighted by Crippen LogP contribution is -2.52. The summed E-state index contributed by atoms with van der Waals surface area (Å²) in [4.78, 5) is 5.14. The highest BCUT2D eigenvalue weighted by atomic mass is 15.3. The predicted molar refractivity (Wildman–Crippen MR) is 73.4 cm³/mol. The van der Waals surface area contributed by atoms with E-state index in [0.29, 0.717) is 0 Å². The van der Waals surface area contributed by atoms with Gasteiger partial charge in [-0.3, -0.25) is 4.90 Å². The van der Waals surface area contributed by atoms with Gasteiger partial charge in [-0.1, -0.05) is 0 Å². The predicted octanol–water partition coefficient (Wildman–Crippen LogP) is 1.54. The molecule has 2 rings (SSSR count). The summed E-state index contributed by atoms with van der Waals surface area (Å²) in [7, 11) is 6.47. The standard InChI is InChI=1S/C14H29N3/c1-11(7-8-16(3)4)17-13-5-6-14(17)10-12(9-13)15-2/h11-15H,5-10H2,1-4H3. The Hall–Kier alpha value is -0.120. The number of rotatable bonds is 5. The molecule has 3 nitrogen and oxygen atoms in total. The Bertz CT molecular complexity index is 228. The number of nitrogens with zero attached hydrogens (tertiary/aromatic N) is 2. The minimum absolute atomic E-state index is 0.757. The smallest absolute Gasteiger partial charge is 0.0116 e. The second-order valence-electron chi connectivity index (χ2n) is 6.23. The Kier molecular flexibility index (Phi) is 4.45. The van der Waals surface area contributed by atoms with E-state index < -0.39 is 0 Å². The minimum Gasteiger partial charge on any atom is -0.317 e. The first kappa shape index (κ1) is 13.3. The van der Waals surface area contributed by atoms with Crippen LogP contribution in [0.3, 0.4) is 0 Å². The van der Waals surface area contributed by atoms with Crippen LogP contribution in [0.5, 0.6) is 0 Å². The Morgan fingerprint density at radius 3 is 2.29 bits per heavy atom. The van der Waals surface area contributed by atoms with E-state index in [2.05, 4.69) is 43.2 Å². The molecule has 0 aromatic heterocycles. The number of piperidine rings is 1. The fourth-order valence-electron chi connectivity index (χ4n) is 3.76. The third-order valence-corrected chi connectivity index (χ3v) is 4.70. The fraction of sp³-hybridized carbons (Fsp3) is 1.00. The third kappa shape index (κ3) is 3.01. The average molecular weight is 239 g/mol. The van der Waals surface area contributed by atoms with Gasteiger partial charge in [-0.2, -0.15) is 0 Å². The summed E-state index contributed by atoms with van der Waals surface area (Å²) < 4.78 is 0. The van der Waals surface area contributed by atoms with Crippen molar-refractivity contribution >= 4 is 0 Å². The number of fused-ring (bicyclic) bond motifs is 2. The molecule has 1 N–H and O–H groups in total. The molecule has 3 atom stereocenters. The van der Waals surface area contributed by atoms with Crippen molar-refractivity contribution in [1.82, 2.24) is 15.1 Å². The lowest BCUT2D eigenvalue weighted by molar-refractivity contribution is 0.0717. The lowest BCUT2D eigenvalue weighted by Gasteiger charge is -2.42. The summed E-state index contributed by atoms with van der Waals surface area (Å²) in [5, 5.41) is 3.48. The SMILES string of the molecule is CNC1CC2CCC(C1)N2C(C)CCN(C)C. The van der Waals surface area contributed by atoms with Crippen LogP contribution in [0, 0.1) is 0 Å². The zero-order valence-corrected chi connectivity index (χ0v) is 11.9. The Morgan fingerprint density at radius 1 is 1.24 bits per heavy atom. The molecule has 2 fully saturated rings. The molecule has 2 aliphatic rings. The average Bonchev–Trinajstić information content (AvgIpc) is 2.57. The van der Waals surface area contributed by atoms with Crippen LogP contribution in [0.15, 0.2) is 0 Å². The number of nitrogens with one attached hydrogen (secondary N) is 1. The molecule has 17 heavy (non-hydrogen) atoms. The first-order valence-corrected chi connectivity index (χ1v) is 7.21. The largest absolute Gasteiger partial charge is 0.317 e. The van der Waals surface area contributed by atoms with Crippen molar-refractivity contribution in [2.24, 2.45) is 0 Å². The summed E-state index contributed by atoms with van der Waals surface area (Å²) in [5.74, 6) is 0. The maximum absolute atomic E-state index is 3.48. The van der Waals surface area contributed by atoms with Crippen molar-refractivity contribution < 1.29 is 0 Å². The molecule has 3 heteroatoms. The van der Waals surface area contributed by atoms with Gasteiger partial charge in [-0.15, -0.1) is 0 Å². The molecule has 0 aromatic rings. The van der Waals surface area contributed by atoms with Crippen LogP contribution in [-0.4, -0.2) is 61.7 Å². The summed E-state index contributed by atoms with van der Waals surface area (Å²) in [6.07, 6.45) is 6.88. The molecule has 0 radical (unpaired) electrons. The van der Waals surface area contributed by atoms with Gasteiger partial charge in [0.15, 0.2) is 0 Å². The van der Waals surface area contributed by atoms with Crippen LogP contribution in [0.25, 0.3) is 0 Å². The molecular weight excluding hydrogens is 210 g/mol. The quantitative estimate of drug-likeness (QED) is 0.785.